The van der Waals surface area contributed by atoms with E-state index in [4.69, 9.17) is 4.74 Å². The van der Waals surface area contributed by atoms with Gasteiger partial charge in [-0.05, 0) is 63.2 Å². The molecule has 0 radical (unpaired) electrons. The molecule has 1 aromatic carbocycles. The maximum atomic E-state index is 11.7. The molecule has 1 aromatic heterocycles. The Labute approximate surface area is 163 Å². The molecule has 0 aliphatic rings. The lowest BCUT2D eigenvalue weighted by atomic mass is 9.87. The van der Waals surface area contributed by atoms with Crippen LogP contribution in [-0.4, -0.2) is 24.2 Å². The molecule has 2 amide bonds. The summed E-state index contributed by atoms with van der Waals surface area (Å²) in [7, 11) is 0. The number of pyridine rings is 1. The first-order chi connectivity index (χ1) is 12.4. The van der Waals surface area contributed by atoms with E-state index in [1.807, 2.05) is 18.2 Å². The van der Waals surface area contributed by atoms with Gasteiger partial charge < -0.3 is 15.4 Å². The second-order valence-electron chi connectivity index (χ2n) is 7.06. The van der Waals surface area contributed by atoms with E-state index in [0.29, 0.717) is 19.7 Å². The van der Waals surface area contributed by atoms with Crippen molar-refractivity contribution in [3.8, 4) is 5.75 Å². The van der Waals surface area contributed by atoms with Gasteiger partial charge in [-0.2, -0.15) is 0 Å². The van der Waals surface area contributed by atoms with Gasteiger partial charge in [-0.25, -0.2) is 4.79 Å². The molecule has 0 unspecified atom stereocenters. The van der Waals surface area contributed by atoms with E-state index in [1.54, 1.807) is 12.4 Å². The predicted molar refractivity (Wildman–Crippen MR) is 107 cm³/mol. The van der Waals surface area contributed by atoms with Crippen LogP contribution in [0.3, 0.4) is 0 Å². The van der Waals surface area contributed by atoms with Crippen molar-refractivity contribution in [2.75, 3.05) is 13.2 Å². The largest absolute Gasteiger partial charge is 0.492 e. The Morgan fingerprint density at radius 2 is 1.88 bits per heavy atom. The third-order valence-corrected chi connectivity index (χ3v) is 4.48. The Kier molecular flexibility index (Phi) is 7.45. The number of amides is 2. The summed E-state index contributed by atoms with van der Waals surface area (Å²) in [5.41, 5.74) is 2.38. The lowest BCUT2D eigenvalue weighted by Crippen LogP contribution is -2.36. The number of hydrogen-bond acceptors (Lipinski definition) is 3. The van der Waals surface area contributed by atoms with Gasteiger partial charge in [0, 0.05) is 25.5 Å². The number of nitrogens with zero attached hydrogens (tertiary/aromatic N) is 1. The minimum Gasteiger partial charge on any atom is -0.492 e. The van der Waals surface area contributed by atoms with Crippen LogP contribution in [0.2, 0.25) is 0 Å². The molecule has 0 aliphatic carbocycles. The zero-order chi connectivity index (χ0) is 19.0. The first-order valence-electron chi connectivity index (χ1n) is 8.70. The Bertz CT molecular complexity index is 715. The summed E-state index contributed by atoms with van der Waals surface area (Å²) in [6.07, 6.45) is 4.15. The maximum absolute atomic E-state index is 11.7. The molecule has 2 rings (SSSR count). The molecule has 0 fully saturated rings. The monoisotopic (exact) mass is 419 g/mol. The van der Waals surface area contributed by atoms with Crippen LogP contribution in [0.15, 0.2) is 47.2 Å². The van der Waals surface area contributed by atoms with Gasteiger partial charge in [0.25, 0.3) is 0 Å². The van der Waals surface area contributed by atoms with E-state index in [0.717, 1.165) is 22.2 Å². The van der Waals surface area contributed by atoms with Crippen molar-refractivity contribution < 1.29 is 9.53 Å². The zero-order valence-electron chi connectivity index (χ0n) is 15.5. The molecule has 0 saturated heterocycles. The number of ether oxygens (including phenoxy) is 1. The minimum absolute atomic E-state index is 0.106. The van der Waals surface area contributed by atoms with Crippen LogP contribution in [0.4, 0.5) is 4.79 Å². The van der Waals surface area contributed by atoms with Crippen molar-refractivity contribution >= 4 is 22.0 Å². The average Bonchev–Trinajstić information content (AvgIpc) is 2.61. The number of halogens is 1. The highest BCUT2D eigenvalue weighted by atomic mass is 79.9. The quantitative estimate of drug-likeness (QED) is 0.653. The molecule has 6 heteroatoms. The smallest absolute Gasteiger partial charge is 0.315 e. The summed E-state index contributed by atoms with van der Waals surface area (Å²) in [4.78, 5) is 15.7. The molecule has 0 bridgehead atoms. The number of benzene rings is 1. The molecule has 0 aliphatic heterocycles. The van der Waals surface area contributed by atoms with Gasteiger partial charge in [-0.15, -0.1) is 0 Å². The summed E-state index contributed by atoms with van der Waals surface area (Å²) >= 11 is 3.57. The standard InChI is InChI=1S/C20H26BrN3O2/c1-20(2,3)16-5-6-18(17(21)13-16)26-12-4-9-23-19(25)24-14-15-7-10-22-11-8-15/h5-8,10-11,13H,4,9,12,14H2,1-3H3,(H2,23,24,25). The van der Waals surface area contributed by atoms with Crippen molar-refractivity contribution in [2.45, 2.75) is 39.2 Å². The lowest BCUT2D eigenvalue weighted by Gasteiger charge is -2.20. The van der Waals surface area contributed by atoms with Crippen LogP contribution in [0, 0.1) is 0 Å². The van der Waals surface area contributed by atoms with E-state index < -0.39 is 0 Å². The van der Waals surface area contributed by atoms with Crippen LogP contribution in [0.1, 0.15) is 38.3 Å². The predicted octanol–water partition coefficient (Wildman–Crippen LogP) is 4.41. The average molecular weight is 420 g/mol. The number of hydrogen-bond donors (Lipinski definition) is 2. The highest BCUT2D eigenvalue weighted by Crippen LogP contribution is 2.31. The fourth-order valence-electron chi connectivity index (χ4n) is 2.29. The molecule has 2 aromatic rings. The molecule has 0 atom stereocenters. The molecule has 26 heavy (non-hydrogen) atoms. The molecule has 2 N–H and O–H groups in total. The fraction of sp³-hybridized carbons (Fsp3) is 0.400. The van der Waals surface area contributed by atoms with Crippen LogP contribution < -0.4 is 15.4 Å². The topological polar surface area (TPSA) is 63.2 Å². The van der Waals surface area contributed by atoms with Gasteiger partial charge in [0.1, 0.15) is 5.75 Å². The summed E-state index contributed by atoms with van der Waals surface area (Å²) in [6, 6.07) is 9.73. The highest BCUT2D eigenvalue weighted by molar-refractivity contribution is 9.10. The van der Waals surface area contributed by atoms with Crippen molar-refractivity contribution in [3.05, 3.63) is 58.3 Å². The van der Waals surface area contributed by atoms with Crippen LogP contribution in [0.5, 0.6) is 5.75 Å². The second kappa shape index (κ2) is 9.57. The van der Waals surface area contributed by atoms with Gasteiger partial charge in [0.15, 0.2) is 0 Å². The Hall–Kier alpha value is -2.08. The summed E-state index contributed by atoms with van der Waals surface area (Å²) in [6.45, 7) is 8.12. The molecule has 5 nitrogen and oxygen atoms in total. The number of rotatable bonds is 7. The number of urea groups is 1. The van der Waals surface area contributed by atoms with E-state index in [-0.39, 0.29) is 11.4 Å². The van der Waals surface area contributed by atoms with Crippen molar-refractivity contribution in [1.29, 1.82) is 0 Å². The van der Waals surface area contributed by atoms with Crippen molar-refractivity contribution in [2.24, 2.45) is 0 Å². The van der Waals surface area contributed by atoms with Gasteiger partial charge in [-0.1, -0.05) is 26.8 Å². The second-order valence-corrected chi connectivity index (χ2v) is 7.92. The molecule has 140 valence electrons. The normalized spacial score (nSPS) is 11.1. The van der Waals surface area contributed by atoms with Gasteiger partial charge in [-0.3, -0.25) is 4.98 Å². The maximum Gasteiger partial charge on any atom is 0.315 e. The van der Waals surface area contributed by atoms with Gasteiger partial charge in [0.05, 0.1) is 11.1 Å². The third kappa shape index (κ3) is 6.67. The number of aromatic nitrogens is 1. The first kappa shape index (κ1) is 20.2. The van der Waals surface area contributed by atoms with E-state index >= 15 is 0 Å². The van der Waals surface area contributed by atoms with E-state index in [2.05, 4.69) is 64.5 Å². The SMILES string of the molecule is CC(C)(C)c1ccc(OCCCNC(=O)NCc2ccncc2)c(Br)c1. The minimum atomic E-state index is -0.183. The first-order valence-corrected chi connectivity index (χ1v) is 9.49. The Morgan fingerprint density at radius 3 is 2.54 bits per heavy atom. The lowest BCUT2D eigenvalue weighted by molar-refractivity contribution is 0.238. The number of nitrogens with one attached hydrogen (secondary N) is 2. The summed E-state index contributed by atoms with van der Waals surface area (Å²) in [5.74, 6) is 0.820. The van der Waals surface area contributed by atoms with Crippen LogP contribution in [0.25, 0.3) is 0 Å². The molecule has 1 heterocycles. The fourth-order valence-corrected chi connectivity index (χ4v) is 2.78. The Morgan fingerprint density at radius 1 is 1.15 bits per heavy atom. The van der Waals surface area contributed by atoms with Crippen molar-refractivity contribution in [3.63, 3.8) is 0 Å². The molecule has 0 spiro atoms. The van der Waals surface area contributed by atoms with Crippen molar-refractivity contribution in [1.82, 2.24) is 15.6 Å². The Balaban J connectivity index is 1.65. The molecular weight excluding hydrogens is 394 g/mol. The molecule has 0 saturated carbocycles. The van der Waals surface area contributed by atoms with Crippen LogP contribution >= 0.6 is 15.9 Å². The van der Waals surface area contributed by atoms with Gasteiger partial charge >= 0.3 is 6.03 Å². The number of carbonyl (C=O) groups excluding carboxylic acids is 1. The summed E-state index contributed by atoms with van der Waals surface area (Å²) < 4.78 is 6.74. The molecular formula is C20H26BrN3O2. The van der Waals surface area contributed by atoms with Crippen LogP contribution in [-0.2, 0) is 12.0 Å². The summed E-state index contributed by atoms with van der Waals surface area (Å²) in [5, 5.41) is 5.64. The van der Waals surface area contributed by atoms with E-state index in [1.165, 1.54) is 5.56 Å². The van der Waals surface area contributed by atoms with Gasteiger partial charge in [0.2, 0.25) is 0 Å². The van der Waals surface area contributed by atoms with E-state index in [9.17, 15) is 4.79 Å². The third-order valence-electron chi connectivity index (χ3n) is 3.86. The number of carbonyl (C=O) groups is 1. The highest BCUT2D eigenvalue weighted by Gasteiger charge is 2.15. The zero-order valence-corrected chi connectivity index (χ0v) is 17.1.